The highest BCUT2D eigenvalue weighted by Gasteiger charge is 2.31. The first-order valence-electron chi connectivity index (χ1n) is 15.8. The lowest BCUT2D eigenvalue weighted by molar-refractivity contribution is 0.710. The Morgan fingerprint density at radius 1 is 0.727 bits per heavy atom. The molecule has 2 nitrogen and oxygen atoms in total. The number of fused-ring (bicyclic) bond motifs is 3. The van der Waals surface area contributed by atoms with Crippen LogP contribution in [-0.2, 0) is 6.42 Å². The second kappa shape index (κ2) is 11.4. The number of hydrogen-bond donors (Lipinski definition) is 0. The van der Waals surface area contributed by atoms with Gasteiger partial charge in [-0.2, -0.15) is 0 Å². The van der Waals surface area contributed by atoms with Crippen LogP contribution in [0.5, 0.6) is 0 Å². The molecule has 5 aromatic rings. The first-order chi connectivity index (χ1) is 21.5. The molecule has 0 bridgehead atoms. The van der Waals surface area contributed by atoms with Gasteiger partial charge >= 0.3 is 0 Å². The smallest absolute Gasteiger partial charge is 0.103 e. The molecule has 218 valence electrons. The molecule has 0 fully saturated rings. The van der Waals surface area contributed by atoms with Crippen molar-refractivity contribution in [3.8, 4) is 33.4 Å². The Morgan fingerprint density at radius 2 is 1.36 bits per heavy atom. The van der Waals surface area contributed by atoms with E-state index in [2.05, 4.69) is 172 Å². The minimum Gasteiger partial charge on any atom is -0.353 e. The number of hydrogen-bond acceptors (Lipinski definition) is 2. The molecule has 0 radical (unpaired) electrons. The summed E-state index contributed by atoms with van der Waals surface area (Å²) in [4.78, 5) is 4.80. The Hall–Kier alpha value is -4.82. The predicted octanol–water partition coefficient (Wildman–Crippen LogP) is 11.1. The van der Waals surface area contributed by atoms with Gasteiger partial charge in [0.1, 0.15) is 6.17 Å². The molecular formula is C42H40N2. The van der Waals surface area contributed by atoms with E-state index in [0.29, 0.717) is 5.92 Å². The largest absolute Gasteiger partial charge is 0.353 e. The summed E-state index contributed by atoms with van der Waals surface area (Å²) in [6.07, 6.45) is 12.5. The van der Waals surface area contributed by atoms with E-state index in [1.165, 1.54) is 72.4 Å². The van der Waals surface area contributed by atoms with Crippen molar-refractivity contribution in [2.45, 2.75) is 40.3 Å². The molecule has 2 heteroatoms. The zero-order valence-electron chi connectivity index (χ0n) is 26.4. The van der Waals surface area contributed by atoms with Crippen LogP contribution < -0.4 is 9.80 Å². The molecule has 0 spiro atoms. The number of nitrogens with zero attached hydrogens (tertiary/aromatic N) is 2. The summed E-state index contributed by atoms with van der Waals surface area (Å²) in [6, 6.07) is 36.0. The van der Waals surface area contributed by atoms with Crippen molar-refractivity contribution in [2.75, 3.05) is 16.8 Å². The van der Waals surface area contributed by atoms with Crippen LogP contribution in [0.15, 0.2) is 127 Å². The van der Waals surface area contributed by atoms with Gasteiger partial charge in [0.25, 0.3) is 0 Å². The average Bonchev–Trinajstić information content (AvgIpc) is 3.31. The molecule has 44 heavy (non-hydrogen) atoms. The Labute approximate surface area is 262 Å². The van der Waals surface area contributed by atoms with E-state index in [1.807, 2.05) is 0 Å². The molecule has 0 amide bonds. The van der Waals surface area contributed by atoms with Gasteiger partial charge in [0.2, 0.25) is 0 Å². The van der Waals surface area contributed by atoms with Crippen LogP contribution in [0.4, 0.5) is 11.4 Å². The molecule has 5 aromatic carbocycles. The lowest BCUT2D eigenvalue weighted by Gasteiger charge is -2.28. The van der Waals surface area contributed by atoms with Gasteiger partial charge in [0.15, 0.2) is 0 Å². The topological polar surface area (TPSA) is 6.48 Å². The molecule has 1 aliphatic carbocycles. The summed E-state index contributed by atoms with van der Waals surface area (Å²) in [5, 5.41) is 2.64. The Morgan fingerprint density at radius 3 is 2.09 bits per heavy atom. The summed E-state index contributed by atoms with van der Waals surface area (Å²) < 4.78 is 0. The molecule has 0 saturated carbocycles. The van der Waals surface area contributed by atoms with Gasteiger partial charge < -0.3 is 9.80 Å². The molecule has 0 N–H and O–H groups in total. The van der Waals surface area contributed by atoms with Gasteiger partial charge in [-0.3, -0.25) is 0 Å². The van der Waals surface area contributed by atoms with E-state index >= 15 is 0 Å². The molecule has 2 atom stereocenters. The third-order valence-corrected chi connectivity index (χ3v) is 9.51. The van der Waals surface area contributed by atoms with Gasteiger partial charge in [-0.25, -0.2) is 0 Å². The van der Waals surface area contributed by atoms with Crippen LogP contribution in [0.1, 0.15) is 38.8 Å². The minimum absolute atomic E-state index is 0.263. The van der Waals surface area contributed by atoms with Crippen LogP contribution in [0.25, 0.3) is 50.2 Å². The van der Waals surface area contributed by atoms with Gasteiger partial charge in [-0.05, 0) is 107 Å². The highest BCUT2D eigenvalue weighted by Crippen LogP contribution is 2.46. The van der Waals surface area contributed by atoms with Crippen molar-refractivity contribution < 1.29 is 0 Å². The maximum atomic E-state index is 2.44. The van der Waals surface area contributed by atoms with Crippen molar-refractivity contribution in [3.63, 3.8) is 0 Å². The maximum absolute atomic E-state index is 2.44. The fourth-order valence-corrected chi connectivity index (χ4v) is 7.20. The predicted molar refractivity (Wildman–Crippen MR) is 191 cm³/mol. The highest BCUT2D eigenvalue weighted by atomic mass is 15.4. The van der Waals surface area contributed by atoms with E-state index in [-0.39, 0.29) is 6.17 Å². The molecule has 1 heterocycles. The molecule has 1 aliphatic heterocycles. The van der Waals surface area contributed by atoms with E-state index in [4.69, 9.17) is 0 Å². The van der Waals surface area contributed by atoms with E-state index < -0.39 is 0 Å². The monoisotopic (exact) mass is 572 g/mol. The first-order valence-corrected chi connectivity index (χ1v) is 15.8. The zero-order valence-corrected chi connectivity index (χ0v) is 26.4. The molecule has 2 aliphatic rings. The molecule has 7 rings (SSSR count). The fraction of sp³-hybridized carbons (Fsp3) is 0.190. The van der Waals surface area contributed by atoms with E-state index in [1.54, 1.807) is 0 Å². The van der Waals surface area contributed by atoms with Gasteiger partial charge in [0, 0.05) is 12.7 Å². The van der Waals surface area contributed by atoms with Crippen LogP contribution in [0, 0.1) is 5.92 Å². The summed E-state index contributed by atoms with van der Waals surface area (Å²) >= 11 is 0. The quantitative estimate of drug-likeness (QED) is 0.193. The Balaban J connectivity index is 1.34. The maximum Gasteiger partial charge on any atom is 0.103 e. The zero-order chi connectivity index (χ0) is 30.4. The van der Waals surface area contributed by atoms with Crippen LogP contribution in [0.3, 0.4) is 0 Å². The number of anilines is 2. The fourth-order valence-electron chi connectivity index (χ4n) is 7.20. The highest BCUT2D eigenvalue weighted by molar-refractivity contribution is 6.10. The van der Waals surface area contributed by atoms with Crippen molar-refractivity contribution in [1.29, 1.82) is 0 Å². The first kappa shape index (κ1) is 28.0. The minimum atomic E-state index is 0.263. The summed E-state index contributed by atoms with van der Waals surface area (Å²) in [5.41, 5.74) is 14.4. The van der Waals surface area contributed by atoms with E-state index in [9.17, 15) is 0 Å². The Bertz CT molecular complexity index is 1940. The van der Waals surface area contributed by atoms with Crippen molar-refractivity contribution in [2.24, 2.45) is 5.92 Å². The average molecular weight is 573 g/mol. The van der Waals surface area contributed by atoms with Crippen LogP contribution >= 0.6 is 0 Å². The lowest BCUT2D eigenvalue weighted by atomic mass is 9.78. The molecule has 0 aromatic heterocycles. The molecular weight excluding hydrogens is 532 g/mol. The van der Waals surface area contributed by atoms with Crippen molar-refractivity contribution >= 4 is 28.2 Å². The van der Waals surface area contributed by atoms with Gasteiger partial charge in [0.05, 0.1) is 11.4 Å². The summed E-state index contributed by atoms with van der Waals surface area (Å²) in [5.74, 6) is 0.505. The summed E-state index contributed by atoms with van der Waals surface area (Å²) in [6.45, 7) is 8.86. The third-order valence-electron chi connectivity index (χ3n) is 9.51. The third kappa shape index (κ3) is 4.66. The van der Waals surface area contributed by atoms with Crippen LogP contribution in [0.2, 0.25) is 0 Å². The van der Waals surface area contributed by atoms with E-state index in [0.717, 1.165) is 6.42 Å². The lowest BCUT2D eigenvalue weighted by Crippen LogP contribution is -2.37. The van der Waals surface area contributed by atoms with Crippen LogP contribution in [-0.4, -0.2) is 13.2 Å². The van der Waals surface area contributed by atoms with Crippen molar-refractivity contribution in [3.05, 3.63) is 138 Å². The van der Waals surface area contributed by atoms with Crippen molar-refractivity contribution in [1.82, 2.24) is 0 Å². The molecule has 2 unspecified atom stereocenters. The second-order valence-electron chi connectivity index (χ2n) is 12.3. The number of rotatable bonds is 5. The molecule has 0 saturated heterocycles. The standard InChI is InChI=1S/C42H40N2/c1-6-7-13-29(3)44-30(4)43(5)39-25-23-34(27-40(39)44)31-19-21-33(22-20-31)42-36-17-12-11-16-35(36)41(32-14-9-8-10-15-32)37-24-18-28(2)26-38(37)42/h6-25,27-28,30H,26H2,1-5H3/b7-6-,29-13+. The Kier molecular flexibility index (Phi) is 7.22. The number of benzene rings is 5. The summed E-state index contributed by atoms with van der Waals surface area (Å²) in [7, 11) is 2.19. The van der Waals surface area contributed by atoms with Gasteiger partial charge in [-0.15, -0.1) is 0 Å². The number of allylic oxidation sites excluding steroid dienone is 5. The SMILES string of the molecule is C/C=C\C=C(/C)N1c2cc(-c3ccc(-c4c5c(c(-c6ccccc6)c6ccccc46)C=CC(C)C5)cc3)ccc2N(C)C1C. The normalized spacial score (nSPS) is 17.9. The van der Waals surface area contributed by atoms with Gasteiger partial charge in [-0.1, -0.05) is 116 Å². The second-order valence-corrected chi connectivity index (χ2v) is 12.3.